The van der Waals surface area contributed by atoms with Gasteiger partial charge in [0, 0.05) is 12.3 Å². The molecule has 0 radical (unpaired) electrons. The second kappa shape index (κ2) is 16.2. The molecular weight excluding hydrogens is 270 g/mol. The normalized spacial score (nSPS) is 7.71. The fraction of sp³-hybridized carbons (Fsp3) is 0.400. The molecule has 1 aromatic rings. The fourth-order valence-corrected chi connectivity index (χ4v) is 0.942. The summed E-state index contributed by atoms with van der Waals surface area (Å²) in [5.74, 6) is 0.951. The summed E-state index contributed by atoms with van der Waals surface area (Å²) in [5.41, 5.74) is 0. The maximum Gasteiger partial charge on any atom is 2.00 e. The van der Waals surface area contributed by atoms with Crippen LogP contribution in [0.1, 0.15) is 0 Å². The third kappa shape index (κ3) is 18.5. The zero-order valence-electron chi connectivity index (χ0n) is 8.81. The zero-order valence-corrected chi connectivity index (χ0v) is 12.8. The predicted octanol–water partition coefficient (Wildman–Crippen LogP) is 2.16. The number of hydrogen-bond donors (Lipinski definition) is 1. The third-order valence-electron chi connectivity index (χ3n) is 1.15. The Morgan fingerprint density at radius 1 is 1.14 bits per heavy atom. The Hall–Kier alpha value is 0.776. The van der Waals surface area contributed by atoms with Gasteiger partial charge in [0.1, 0.15) is 0 Å². The molecule has 4 heteroatoms. The molecule has 0 aliphatic heterocycles. The molecular formula is C10H17BrMgNS+. The number of thiol groups is 1. The van der Waals surface area contributed by atoms with E-state index in [0.717, 1.165) is 12.3 Å². The molecule has 14 heavy (non-hydrogen) atoms. The smallest absolute Gasteiger partial charge is 0.309 e. The molecule has 0 aliphatic rings. The molecule has 1 nitrogen and oxygen atoms in total. The van der Waals surface area contributed by atoms with Crippen molar-refractivity contribution in [3.8, 4) is 0 Å². The number of nitrogens with zero attached hydrogens (tertiary/aromatic N) is 1. The van der Waals surface area contributed by atoms with Gasteiger partial charge < -0.3 is 4.90 Å². The average Bonchev–Trinajstić information content (AvgIpc) is 2.08. The number of halogens is 1. The first kappa shape index (κ1) is 20.2. The van der Waals surface area contributed by atoms with Gasteiger partial charge in [-0.25, -0.2) is 0 Å². The predicted molar refractivity (Wildman–Crippen MR) is 73.8 cm³/mol. The van der Waals surface area contributed by atoms with E-state index in [2.05, 4.69) is 23.6 Å². The van der Waals surface area contributed by atoms with E-state index in [4.69, 9.17) is 0 Å². The van der Waals surface area contributed by atoms with Crippen molar-refractivity contribution in [2.24, 2.45) is 0 Å². The van der Waals surface area contributed by atoms with Crippen molar-refractivity contribution in [3.63, 3.8) is 0 Å². The Kier molecular flexibility index (Phi) is 23.4. The first-order valence-electron chi connectivity index (χ1n) is 3.94. The van der Waals surface area contributed by atoms with Gasteiger partial charge in [-0.05, 0) is 14.1 Å². The van der Waals surface area contributed by atoms with Crippen LogP contribution < -0.4 is 0 Å². The average molecular weight is 288 g/mol. The summed E-state index contributed by atoms with van der Waals surface area (Å²) in [6, 6.07) is 12.5. The largest absolute Gasteiger partial charge is 2.00 e. The van der Waals surface area contributed by atoms with E-state index >= 15 is 0 Å². The molecule has 0 bridgehead atoms. The van der Waals surface area contributed by atoms with Crippen LogP contribution in [-0.2, 0) is 0 Å². The number of hydrogen-bond acceptors (Lipinski definition) is 2. The SMILES string of the molecule is Br.CN(C)CCS.[Mg+2].[c-]1ccccc1. The second-order valence-corrected chi connectivity index (χ2v) is 3.05. The topological polar surface area (TPSA) is 3.24 Å². The maximum absolute atomic E-state index is 4.02. The van der Waals surface area contributed by atoms with E-state index in [1.165, 1.54) is 0 Å². The molecule has 0 spiro atoms. The summed E-state index contributed by atoms with van der Waals surface area (Å²) in [4.78, 5) is 2.10. The summed E-state index contributed by atoms with van der Waals surface area (Å²) < 4.78 is 0. The van der Waals surface area contributed by atoms with Crippen LogP contribution in [0.15, 0.2) is 30.3 Å². The Morgan fingerprint density at radius 3 is 1.71 bits per heavy atom. The monoisotopic (exact) mass is 286 g/mol. The summed E-state index contributed by atoms with van der Waals surface area (Å²) in [6.45, 7) is 1.07. The van der Waals surface area contributed by atoms with Crippen molar-refractivity contribution in [2.75, 3.05) is 26.4 Å². The van der Waals surface area contributed by atoms with Crippen LogP contribution in [0.2, 0.25) is 0 Å². The Balaban J connectivity index is -0.000000151. The molecule has 0 aliphatic carbocycles. The molecule has 0 aromatic heterocycles. The van der Waals surface area contributed by atoms with Gasteiger partial charge in [-0.3, -0.25) is 0 Å². The van der Waals surface area contributed by atoms with Crippen molar-refractivity contribution in [1.82, 2.24) is 4.90 Å². The van der Waals surface area contributed by atoms with Crippen LogP contribution in [-0.4, -0.2) is 54.3 Å². The van der Waals surface area contributed by atoms with Gasteiger partial charge >= 0.3 is 23.1 Å². The van der Waals surface area contributed by atoms with Gasteiger partial charge in [0.2, 0.25) is 0 Å². The van der Waals surface area contributed by atoms with Crippen molar-refractivity contribution < 1.29 is 0 Å². The number of benzene rings is 1. The van der Waals surface area contributed by atoms with Crippen LogP contribution in [0, 0.1) is 6.07 Å². The third-order valence-corrected chi connectivity index (χ3v) is 1.35. The first-order valence-corrected chi connectivity index (χ1v) is 4.57. The summed E-state index contributed by atoms with van der Waals surface area (Å²) >= 11 is 4.02. The van der Waals surface area contributed by atoms with Gasteiger partial charge in [-0.1, -0.05) is 0 Å². The van der Waals surface area contributed by atoms with E-state index in [1.807, 2.05) is 44.4 Å². The molecule has 0 fully saturated rings. The van der Waals surface area contributed by atoms with Crippen LogP contribution >= 0.6 is 29.6 Å². The van der Waals surface area contributed by atoms with Crippen molar-refractivity contribution in [3.05, 3.63) is 36.4 Å². The quantitative estimate of drug-likeness (QED) is 0.496. The minimum Gasteiger partial charge on any atom is -0.309 e. The minimum absolute atomic E-state index is 0. The fourth-order valence-electron chi connectivity index (χ4n) is 0.542. The van der Waals surface area contributed by atoms with Crippen molar-refractivity contribution >= 4 is 52.7 Å². The molecule has 0 amide bonds. The van der Waals surface area contributed by atoms with Gasteiger partial charge in [0.25, 0.3) is 0 Å². The molecule has 0 atom stereocenters. The first-order chi connectivity index (χ1) is 5.77. The molecule has 0 saturated heterocycles. The summed E-state index contributed by atoms with van der Waals surface area (Å²) in [7, 11) is 4.08. The Labute approximate surface area is 120 Å². The van der Waals surface area contributed by atoms with E-state index in [0.29, 0.717) is 0 Å². The molecule has 1 rings (SSSR count). The van der Waals surface area contributed by atoms with Crippen LogP contribution in [0.25, 0.3) is 0 Å². The molecule has 0 N–H and O–H groups in total. The van der Waals surface area contributed by atoms with Crippen LogP contribution in [0.5, 0.6) is 0 Å². The van der Waals surface area contributed by atoms with Crippen LogP contribution in [0.3, 0.4) is 0 Å². The molecule has 0 saturated carbocycles. The molecule has 0 unspecified atom stereocenters. The standard InChI is InChI=1S/C6H5.C4H11NS.BrH.Mg/c1-2-4-6-5-3-1;1-5(2)3-4-6;;/h1-5H;6H,3-4H2,1-2H3;1H;/q-1;;;+2. The van der Waals surface area contributed by atoms with Gasteiger partial charge in [0.15, 0.2) is 0 Å². The Morgan fingerprint density at radius 2 is 1.64 bits per heavy atom. The molecule has 0 heterocycles. The maximum atomic E-state index is 4.02. The van der Waals surface area contributed by atoms with Gasteiger partial charge in [0.05, 0.1) is 0 Å². The zero-order chi connectivity index (χ0) is 9.23. The van der Waals surface area contributed by atoms with Crippen LogP contribution in [0.4, 0.5) is 0 Å². The molecule has 76 valence electrons. The minimum atomic E-state index is 0. The number of rotatable bonds is 2. The Bertz CT molecular complexity index is 146. The van der Waals surface area contributed by atoms with E-state index in [1.54, 1.807) is 0 Å². The van der Waals surface area contributed by atoms with E-state index < -0.39 is 0 Å². The van der Waals surface area contributed by atoms with Gasteiger partial charge in [-0.15, -0.1) is 17.0 Å². The molecule has 1 aromatic carbocycles. The second-order valence-electron chi connectivity index (χ2n) is 2.60. The summed E-state index contributed by atoms with van der Waals surface area (Å²) in [6.07, 6.45) is 0. The van der Waals surface area contributed by atoms with Crippen molar-refractivity contribution in [1.29, 1.82) is 0 Å². The summed E-state index contributed by atoms with van der Waals surface area (Å²) in [5, 5.41) is 0. The van der Waals surface area contributed by atoms with Gasteiger partial charge in [-0.2, -0.15) is 49.0 Å². The van der Waals surface area contributed by atoms with Crippen molar-refractivity contribution in [2.45, 2.75) is 0 Å². The van der Waals surface area contributed by atoms with E-state index in [-0.39, 0.29) is 40.0 Å². The van der Waals surface area contributed by atoms with E-state index in [9.17, 15) is 0 Å².